The second-order valence-corrected chi connectivity index (χ2v) is 7.19. The van der Waals surface area contributed by atoms with Gasteiger partial charge in [0.15, 0.2) is 0 Å². The molecule has 2 aromatic rings. The molecule has 1 heterocycles. The van der Waals surface area contributed by atoms with E-state index in [0.717, 1.165) is 25.4 Å². The van der Waals surface area contributed by atoms with Crippen LogP contribution in [0.5, 0.6) is 5.75 Å². The molecule has 1 N–H and O–H groups in total. The van der Waals surface area contributed by atoms with Gasteiger partial charge in [-0.15, -0.1) is 0 Å². The first-order valence-corrected chi connectivity index (χ1v) is 9.60. The molecule has 1 saturated heterocycles. The van der Waals surface area contributed by atoms with E-state index < -0.39 is 0 Å². The van der Waals surface area contributed by atoms with Crippen LogP contribution in [0.1, 0.15) is 32.3 Å². The van der Waals surface area contributed by atoms with Crippen LogP contribution < -0.4 is 15.0 Å². The Bertz CT molecular complexity index is 701. The highest BCUT2D eigenvalue weighted by Crippen LogP contribution is 2.26. The Balaban J connectivity index is 1.74. The van der Waals surface area contributed by atoms with Crippen molar-refractivity contribution < 1.29 is 4.74 Å². The lowest BCUT2D eigenvalue weighted by atomic mass is 10.0. The lowest BCUT2D eigenvalue weighted by molar-refractivity contribution is 0.306. The predicted molar refractivity (Wildman–Crippen MR) is 110 cm³/mol. The quantitative estimate of drug-likeness (QED) is 0.727. The zero-order valence-corrected chi connectivity index (χ0v) is 15.9. The average Bonchev–Trinajstić information content (AvgIpc) is 2.68. The summed E-state index contributed by atoms with van der Waals surface area (Å²) < 4.78 is 6.04. The molecule has 0 aliphatic carbocycles. The van der Waals surface area contributed by atoms with E-state index in [4.69, 9.17) is 4.74 Å². The minimum atomic E-state index is 0.580. The van der Waals surface area contributed by atoms with Crippen LogP contribution in [-0.4, -0.2) is 25.7 Å². The van der Waals surface area contributed by atoms with Crippen molar-refractivity contribution in [2.24, 2.45) is 0 Å². The summed E-state index contributed by atoms with van der Waals surface area (Å²) in [5.41, 5.74) is 3.80. The first-order valence-electron chi connectivity index (χ1n) is 9.60. The maximum Gasteiger partial charge on any atom is 0.121 e. The number of piperidine rings is 1. The highest BCUT2D eigenvalue weighted by atomic mass is 16.5. The molecule has 0 bridgehead atoms. The van der Waals surface area contributed by atoms with Crippen LogP contribution in [0, 0.1) is 0 Å². The van der Waals surface area contributed by atoms with Crippen molar-refractivity contribution in [1.82, 2.24) is 5.32 Å². The number of benzene rings is 2. The smallest absolute Gasteiger partial charge is 0.121 e. The first kappa shape index (κ1) is 18.5. The number of anilines is 1. The van der Waals surface area contributed by atoms with Crippen molar-refractivity contribution in [2.45, 2.75) is 39.3 Å². The van der Waals surface area contributed by atoms with Gasteiger partial charge in [-0.05, 0) is 57.5 Å². The molecule has 138 valence electrons. The minimum Gasteiger partial charge on any atom is -0.489 e. The van der Waals surface area contributed by atoms with Gasteiger partial charge in [-0.25, -0.2) is 0 Å². The van der Waals surface area contributed by atoms with E-state index in [1.165, 1.54) is 29.7 Å². The Hall–Kier alpha value is -2.26. The van der Waals surface area contributed by atoms with Gasteiger partial charge in [-0.1, -0.05) is 48.0 Å². The fourth-order valence-electron chi connectivity index (χ4n) is 3.36. The number of nitrogens with zero attached hydrogens (tertiary/aromatic N) is 1. The molecular weight excluding hydrogens is 320 g/mol. The summed E-state index contributed by atoms with van der Waals surface area (Å²) in [6.07, 6.45) is 4.69. The maximum atomic E-state index is 6.04. The number of nitrogens with one attached hydrogen (secondary N) is 1. The van der Waals surface area contributed by atoms with Gasteiger partial charge in [0.05, 0.1) is 0 Å². The molecule has 0 amide bonds. The summed E-state index contributed by atoms with van der Waals surface area (Å²) in [4.78, 5) is 2.53. The van der Waals surface area contributed by atoms with E-state index in [2.05, 4.69) is 60.5 Å². The van der Waals surface area contributed by atoms with Crippen LogP contribution in [0.25, 0.3) is 0 Å². The summed E-state index contributed by atoms with van der Waals surface area (Å²) in [5, 5.41) is 3.47. The Morgan fingerprint density at radius 2 is 1.85 bits per heavy atom. The highest BCUT2D eigenvalue weighted by Gasteiger charge is 2.20. The molecule has 0 saturated carbocycles. The molecule has 1 fully saturated rings. The lowest BCUT2D eigenvalue weighted by Gasteiger charge is -2.36. The van der Waals surface area contributed by atoms with Gasteiger partial charge in [0.25, 0.3) is 0 Å². The largest absolute Gasteiger partial charge is 0.489 e. The van der Waals surface area contributed by atoms with E-state index in [9.17, 15) is 0 Å². The van der Waals surface area contributed by atoms with Gasteiger partial charge >= 0.3 is 0 Å². The van der Waals surface area contributed by atoms with E-state index >= 15 is 0 Å². The van der Waals surface area contributed by atoms with Crippen molar-refractivity contribution in [3.63, 3.8) is 0 Å². The van der Waals surface area contributed by atoms with Gasteiger partial charge in [0.2, 0.25) is 0 Å². The molecule has 0 spiro atoms. The molecule has 3 heteroatoms. The van der Waals surface area contributed by atoms with E-state index in [-0.39, 0.29) is 0 Å². The molecule has 2 aromatic carbocycles. The summed E-state index contributed by atoms with van der Waals surface area (Å²) in [7, 11) is 0. The van der Waals surface area contributed by atoms with Crippen molar-refractivity contribution in [3.8, 4) is 5.75 Å². The number of hydrogen-bond donors (Lipinski definition) is 1. The standard InChI is InChI=1S/C23H30N2O/c1-19(2)13-16-25(21-11-14-24-15-12-21)22-9-6-10-23(17-22)26-18-20-7-4-3-5-8-20/h3-10,13,17,21,24H,11-12,14-16,18H2,1-2H3. The molecule has 0 aromatic heterocycles. The minimum absolute atomic E-state index is 0.580. The van der Waals surface area contributed by atoms with E-state index in [1.54, 1.807) is 0 Å². The Kier molecular flexibility index (Phi) is 6.73. The number of allylic oxidation sites excluding steroid dienone is 1. The normalized spacial score (nSPS) is 14.7. The molecule has 0 radical (unpaired) electrons. The van der Waals surface area contributed by atoms with Crippen molar-refractivity contribution in [2.75, 3.05) is 24.5 Å². The molecular formula is C23H30N2O. The SMILES string of the molecule is CC(C)=CCN(c1cccc(OCc2ccccc2)c1)C1CCNCC1. The number of rotatable bonds is 7. The van der Waals surface area contributed by atoms with Crippen LogP contribution in [-0.2, 0) is 6.61 Å². The predicted octanol–water partition coefficient (Wildman–Crippen LogP) is 4.79. The van der Waals surface area contributed by atoms with Gasteiger partial charge in [0.1, 0.15) is 12.4 Å². The van der Waals surface area contributed by atoms with Crippen LogP contribution in [0.15, 0.2) is 66.2 Å². The maximum absolute atomic E-state index is 6.04. The second kappa shape index (κ2) is 9.44. The molecule has 1 aliphatic rings. The van der Waals surface area contributed by atoms with Crippen molar-refractivity contribution in [1.29, 1.82) is 0 Å². The van der Waals surface area contributed by atoms with Gasteiger partial charge in [-0.3, -0.25) is 0 Å². The second-order valence-electron chi connectivity index (χ2n) is 7.19. The third-order valence-electron chi connectivity index (χ3n) is 4.84. The van der Waals surface area contributed by atoms with Crippen LogP contribution in [0.3, 0.4) is 0 Å². The average molecular weight is 351 g/mol. The van der Waals surface area contributed by atoms with E-state index in [0.29, 0.717) is 12.6 Å². The van der Waals surface area contributed by atoms with Crippen molar-refractivity contribution in [3.05, 3.63) is 71.8 Å². The molecule has 3 rings (SSSR count). The summed E-state index contributed by atoms with van der Waals surface area (Å²) in [6, 6.07) is 19.4. The Morgan fingerprint density at radius 1 is 1.08 bits per heavy atom. The fraction of sp³-hybridized carbons (Fsp3) is 0.391. The van der Waals surface area contributed by atoms with Crippen LogP contribution in [0.2, 0.25) is 0 Å². The third kappa shape index (κ3) is 5.37. The Labute approximate surface area is 157 Å². The third-order valence-corrected chi connectivity index (χ3v) is 4.84. The highest BCUT2D eigenvalue weighted by molar-refractivity contribution is 5.52. The summed E-state index contributed by atoms with van der Waals surface area (Å²) in [6.45, 7) is 8.08. The topological polar surface area (TPSA) is 24.5 Å². The van der Waals surface area contributed by atoms with Gasteiger partial charge in [0, 0.05) is 24.3 Å². The lowest BCUT2D eigenvalue weighted by Crippen LogP contribution is -2.43. The van der Waals surface area contributed by atoms with Crippen LogP contribution in [0.4, 0.5) is 5.69 Å². The summed E-state index contributed by atoms with van der Waals surface area (Å²) >= 11 is 0. The van der Waals surface area contributed by atoms with Crippen molar-refractivity contribution >= 4 is 5.69 Å². The zero-order chi connectivity index (χ0) is 18.2. The zero-order valence-electron chi connectivity index (χ0n) is 15.9. The fourth-order valence-corrected chi connectivity index (χ4v) is 3.36. The Morgan fingerprint density at radius 3 is 2.58 bits per heavy atom. The molecule has 26 heavy (non-hydrogen) atoms. The molecule has 3 nitrogen and oxygen atoms in total. The molecule has 0 unspecified atom stereocenters. The molecule has 0 atom stereocenters. The van der Waals surface area contributed by atoms with Gasteiger partial charge < -0.3 is 15.0 Å². The monoisotopic (exact) mass is 350 g/mol. The van der Waals surface area contributed by atoms with Crippen LogP contribution >= 0.6 is 0 Å². The summed E-state index contributed by atoms with van der Waals surface area (Å²) in [5.74, 6) is 0.933. The first-order chi connectivity index (χ1) is 12.7. The van der Waals surface area contributed by atoms with E-state index in [1.807, 2.05) is 24.3 Å². The molecule has 1 aliphatic heterocycles. The number of hydrogen-bond acceptors (Lipinski definition) is 3. The van der Waals surface area contributed by atoms with Gasteiger partial charge in [-0.2, -0.15) is 0 Å². The number of ether oxygens (including phenoxy) is 1.